The number of unbranched alkanes of at least 4 members (excludes halogenated alkanes) is 1. The summed E-state index contributed by atoms with van der Waals surface area (Å²) in [6, 6.07) is 6.15. The van der Waals surface area contributed by atoms with Crippen LogP contribution in [0.15, 0.2) is 36.4 Å². The van der Waals surface area contributed by atoms with Crippen molar-refractivity contribution in [3.05, 3.63) is 64.7 Å². The maximum Gasteiger partial charge on any atom is 0.416 e. The number of nitrogens with one attached hydrogen (secondary N) is 1. The molecule has 2 N–H and O–H groups in total. The van der Waals surface area contributed by atoms with Crippen LogP contribution in [-0.2, 0) is 22.3 Å². The fourth-order valence-electron chi connectivity index (χ4n) is 5.10. The van der Waals surface area contributed by atoms with E-state index in [-0.39, 0.29) is 35.6 Å². The van der Waals surface area contributed by atoms with Crippen LogP contribution in [0.1, 0.15) is 93.6 Å². The number of aromatic carboxylic acids is 1. The van der Waals surface area contributed by atoms with Gasteiger partial charge < -0.3 is 19.9 Å². The first-order valence-electron chi connectivity index (χ1n) is 14.8. The smallest absolute Gasteiger partial charge is 0.416 e. The third-order valence-electron chi connectivity index (χ3n) is 7.80. The van der Waals surface area contributed by atoms with E-state index in [1.807, 2.05) is 6.92 Å². The van der Waals surface area contributed by atoms with E-state index in [0.717, 1.165) is 63.1 Å². The number of benzene rings is 2. The van der Waals surface area contributed by atoms with Crippen molar-refractivity contribution in [2.45, 2.75) is 96.6 Å². The molecule has 1 aliphatic carbocycles. The van der Waals surface area contributed by atoms with Crippen LogP contribution in [-0.4, -0.2) is 35.3 Å². The summed E-state index contributed by atoms with van der Waals surface area (Å²) in [6.07, 6.45) is 2.67. The lowest BCUT2D eigenvalue weighted by Crippen LogP contribution is -2.53. The van der Waals surface area contributed by atoms with Gasteiger partial charge in [0.25, 0.3) is 5.91 Å². The standard InChI is InChI=1S/C18H21F4NO2.C14H19FO3/c1-11-4-5-17(25-10-11,13-2-3-13)16(24)23-9-12-6-14(18(20,21)22)8-15(19)7-12;1-3-5-6-10(4-2)18-11-7-8-13(15)12(9-11)14(16)17/h6-8,11,13H,2-5,9-10H2,1H3,(H,23,24);7-10H,3-6H2,1-2H3,(H,16,17)/t11?,17-;10-/m01/s1. The van der Waals surface area contributed by atoms with E-state index in [0.29, 0.717) is 30.8 Å². The number of halogens is 5. The van der Waals surface area contributed by atoms with Gasteiger partial charge in [0.15, 0.2) is 0 Å². The summed E-state index contributed by atoms with van der Waals surface area (Å²) in [5.41, 5.74) is -2.21. The SMILES string of the molecule is CC1CC[C@@](C(=O)NCc2cc(F)cc(C(F)(F)F)c2)(C2CC2)OC1.CCCC[C@@H](CC)Oc1ccc(F)c(C(=O)O)c1. The van der Waals surface area contributed by atoms with E-state index in [9.17, 15) is 31.5 Å². The maximum atomic E-state index is 13.5. The molecule has 1 aliphatic heterocycles. The minimum atomic E-state index is -4.63. The van der Waals surface area contributed by atoms with Crippen LogP contribution in [0.4, 0.5) is 22.0 Å². The number of alkyl halides is 3. The van der Waals surface area contributed by atoms with Crippen molar-refractivity contribution in [3.63, 3.8) is 0 Å². The Morgan fingerprint density at radius 1 is 1.12 bits per heavy atom. The van der Waals surface area contributed by atoms with Gasteiger partial charge in [0.05, 0.1) is 23.8 Å². The first kappa shape index (κ1) is 34.3. The van der Waals surface area contributed by atoms with E-state index in [4.69, 9.17) is 14.6 Å². The molecule has 2 aromatic rings. The van der Waals surface area contributed by atoms with Crippen LogP contribution in [0, 0.1) is 23.5 Å². The molecule has 6 nitrogen and oxygen atoms in total. The van der Waals surface area contributed by atoms with Gasteiger partial charge in [-0.2, -0.15) is 13.2 Å². The zero-order valence-corrected chi connectivity index (χ0v) is 24.7. The summed E-state index contributed by atoms with van der Waals surface area (Å²) in [5, 5.41) is 11.5. The normalized spacial score (nSPS) is 20.9. The first-order valence-corrected chi connectivity index (χ1v) is 14.8. The second kappa shape index (κ2) is 15.0. The Balaban J connectivity index is 0.000000250. The predicted octanol–water partition coefficient (Wildman–Crippen LogP) is 7.93. The second-order valence-electron chi connectivity index (χ2n) is 11.4. The summed E-state index contributed by atoms with van der Waals surface area (Å²) in [7, 11) is 0. The summed E-state index contributed by atoms with van der Waals surface area (Å²) in [5.74, 6) is -2.33. The number of rotatable bonds is 11. The number of hydrogen-bond donors (Lipinski definition) is 2. The number of carboxylic acid groups (broad SMARTS) is 1. The van der Waals surface area contributed by atoms with E-state index < -0.39 is 34.9 Å². The van der Waals surface area contributed by atoms with Crippen LogP contribution in [0.2, 0.25) is 0 Å². The Labute approximate surface area is 249 Å². The molecule has 1 saturated carbocycles. The number of hydrogen-bond acceptors (Lipinski definition) is 4. The fraction of sp³-hybridized carbons (Fsp3) is 0.562. The molecule has 0 bridgehead atoms. The molecular formula is C32H40F5NO5. The van der Waals surface area contributed by atoms with Gasteiger partial charge >= 0.3 is 12.1 Å². The summed E-state index contributed by atoms with van der Waals surface area (Å²) < 4.78 is 76.6. The molecule has 11 heteroatoms. The zero-order valence-electron chi connectivity index (χ0n) is 24.7. The molecule has 1 heterocycles. The summed E-state index contributed by atoms with van der Waals surface area (Å²) in [4.78, 5) is 23.5. The molecule has 1 amide bonds. The largest absolute Gasteiger partial charge is 0.490 e. The highest BCUT2D eigenvalue weighted by molar-refractivity contribution is 5.88. The number of carbonyl (C=O) groups is 2. The van der Waals surface area contributed by atoms with Gasteiger partial charge in [-0.3, -0.25) is 4.79 Å². The number of carbonyl (C=O) groups excluding carboxylic acids is 1. The van der Waals surface area contributed by atoms with Crippen LogP contribution >= 0.6 is 0 Å². The third kappa shape index (κ3) is 9.64. The minimum absolute atomic E-state index is 0.0528. The molecule has 238 valence electrons. The zero-order chi connectivity index (χ0) is 31.8. The highest BCUT2D eigenvalue weighted by Crippen LogP contribution is 2.47. The molecule has 43 heavy (non-hydrogen) atoms. The molecule has 1 saturated heterocycles. The lowest BCUT2D eigenvalue weighted by molar-refractivity contribution is -0.162. The van der Waals surface area contributed by atoms with Crippen molar-refractivity contribution >= 4 is 11.9 Å². The molecule has 2 fully saturated rings. The lowest BCUT2D eigenvalue weighted by atomic mass is 9.84. The average molecular weight is 614 g/mol. The van der Waals surface area contributed by atoms with Gasteiger partial charge in [-0.1, -0.05) is 33.6 Å². The Morgan fingerprint density at radius 3 is 2.40 bits per heavy atom. The molecule has 2 aliphatic rings. The Kier molecular flexibility index (Phi) is 12.0. The molecule has 1 unspecified atom stereocenters. The van der Waals surface area contributed by atoms with Crippen LogP contribution < -0.4 is 10.1 Å². The first-order chi connectivity index (χ1) is 20.3. The van der Waals surface area contributed by atoms with Crippen molar-refractivity contribution in [2.24, 2.45) is 11.8 Å². The molecule has 2 aromatic carbocycles. The van der Waals surface area contributed by atoms with Crippen LogP contribution in [0.25, 0.3) is 0 Å². The topological polar surface area (TPSA) is 84.9 Å². The van der Waals surface area contributed by atoms with E-state index in [2.05, 4.69) is 19.2 Å². The lowest BCUT2D eigenvalue weighted by Gasteiger charge is -2.38. The van der Waals surface area contributed by atoms with Gasteiger partial charge in [-0.25, -0.2) is 13.6 Å². The summed E-state index contributed by atoms with van der Waals surface area (Å²) in [6.45, 7) is 6.52. The Bertz CT molecular complexity index is 1240. The molecule has 0 radical (unpaired) electrons. The summed E-state index contributed by atoms with van der Waals surface area (Å²) >= 11 is 0. The molecule has 0 spiro atoms. The van der Waals surface area contributed by atoms with E-state index in [1.165, 1.54) is 12.1 Å². The second-order valence-corrected chi connectivity index (χ2v) is 11.4. The average Bonchev–Trinajstić information content (AvgIpc) is 3.81. The van der Waals surface area contributed by atoms with E-state index >= 15 is 0 Å². The quantitative estimate of drug-likeness (QED) is 0.252. The fourth-order valence-corrected chi connectivity index (χ4v) is 5.10. The van der Waals surface area contributed by atoms with Gasteiger partial charge in [-0.15, -0.1) is 0 Å². The molecule has 3 atom stereocenters. The predicted molar refractivity (Wildman–Crippen MR) is 151 cm³/mol. The number of ether oxygens (including phenoxy) is 2. The van der Waals surface area contributed by atoms with Crippen molar-refractivity contribution < 1.29 is 46.1 Å². The molecule has 0 aromatic heterocycles. The monoisotopic (exact) mass is 613 g/mol. The minimum Gasteiger partial charge on any atom is -0.490 e. The molecule has 4 rings (SSSR count). The number of amides is 1. The van der Waals surface area contributed by atoms with Crippen molar-refractivity contribution in [1.29, 1.82) is 0 Å². The third-order valence-corrected chi connectivity index (χ3v) is 7.80. The van der Waals surface area contributed by atoms with Crippen LogP contribution in [0.5, 0.6) is 5.75 Å². The Morgan fingerprint density at radius 2 is 1.84 bits per heavy atom. The van der Waals surface area contributed by atoms with Gasteiger partial charge in [0.1, 0.15) is 23.0 Å². The molecular weight excluding hydrogens is 573 g/mol. The number of carboxylic acids is 1. The highest BCUT2D eigenvalue weighted by Gasteiger charge is 2.53. The van der Waals surface area contributed by atoms with Crippen molar-refractivity contribution in [1.82, 2.24) is 5.32 Å². The van der Waals surface area contributed by atoms with Crippen molar-refractivity contribution in [2.75, 3.05) is 6.61 Å². The van der Waals surface area contributed by atoms with Gasteiger partial charge in [0, 0.05) is 6.54 Å². The maximum absolute atomic E-state index is 13.5. The van der Waals surface area contributed by atoms with Crippen molar-refractivity contribution in [3.8, 4) is 5.75 Å². The van der Waals surface area contributed by atoms with Crippen LogP contribution in [0.3, 0.4) is 0 Å². The van der Waals surface area contributed by atoms with Gasteiger partial charge in [0.2, 0.25) is 0 Å². The van der Waals surface area contributed by atoms with E-state index in [1.54, 1.807) is 0 Å². The highest BCUT2D eigenvalue weighted by atomic mass is 19.4. The van der Waals surface area contributed by atoms with Gasteiger partial charge in [-0.05, 0) is 92.3 Å². The Hall–Kier alpha value is -3.21.